The highest BCUT2D eigenvalue weighted by Crippen LogP contribution is 2.17. The number of nitrogen functional groups attached to an aromatic ring is 1. The first-order chi connectivity index (χ1) is 9.74. The van der Waals surface area contributed by atoms with E-state index in [1.807, 2.05) is 30.3 Å². The van der Waals surface area contributed by atoms with E-state index in [1.165, 1.54) is 0 Å². The fourth-order valence-corrected chi connectivity index (χ4v) is 1.95. The second-order valence-corrected chi connectivity index (χ2v) is 4.31. The summed E-state index contributed by atoms with van der Waals surface area (Å²) >= 11 is 0. The van der Waals surface area contributed by atoms with E-state index in [-0.39, 0.29) is 11.7 Å². The number of carbonyl (C=O) groups excluding carboxylic acids is 1. The minimum absolute atomic E-state index is 0.207. The molecular formula is C15H12N4O. The SMILES string of the molecule is Nc1ncccc1C(=O)Nc1cnc2ccccc2c1. The summed E-state index contributed by atoms with van der Waals surface area (Å²) in [5, 5.41) is 3.73. The van der Waals surface area contributed by atoms with Gasteiger partial charge in [-0.15, -0.1) is 0 Å². The Hall–Kier alpha value is -2.95. The Balaban J connectivity index is 1.89. The number of nitrogens with two attached hydrogens (primary N) is 1. The Bertz CT molecular complexity index is 785. The third-order valence-electron chi connectivity index (χ3n) is 2.93. The lowest BCUT2D eigenvalue weighted by Crippen LogP contribution is -2.14. The Morgan fingerprint density at radius 3 is 2.80 bits per heavy atom. The Morgan fingerprint density at radius 1 is 1.10 bits per heavy atom. The number of carbonyl (C=O) groups is 1. The highest BCUT2D eigenvalue weighted by atomic mass is 16.1. The van der Waals surface area contributed by atoms with Crippen molar-refractivity contribution in [2.24, 2.45) is 0 Å². The predicted molar refractivity (Wildman–Crippen MR) is 78.3 cm³/mol. The van der Waals surface area contributed by atoms with Crippen LogP contribution in [-0.4, -0.2) is 15.9 Å². The van der Waals surface area contributed by atoms with Gasteiger partial charge in [0.15, 0.2) is 0 Å². The first kappa shape index (κ1) is 12.1. The third kappa shape index (κ3) is 2.29. The van der Waals surface area contributed by atoms with Gasteiger partial charge in [-0.05, 0) is 24.3 Å². The standard InChI is InChI=1S/C15H12N4O/c16-14-12(5-3-7-17-14)15(20)19-11-8-10-4-1-2-6-13(10)18-9-11/h1-9H,(H2,16,17)(H,19,20). The number of nitrogens with zero attached hydrogens (tertiary/aromatic N) is 2. The molecule has 0 fully saturated rings. The molecule has 0 unspecified atom stereocenters. The van der Waals surface area contributed by atoms with Crippen molar-refractivity contribution in [1.29, 1.82) is 0 Å². The lowest BCUT2D eigenvalue weighted by atomic mass is 10.2. The summed E-state index contributed by atoms with van der Waals surface area (Å²) in [4.78, 5) is 20.3. The summed E-state index contributed by atoms with van der Waals surface area (Å²) in [5.41, 5.74) is 7.53. The van der Waals surface area contributed by atoms with Gasteiger partial charge in [0.25, 0.3) is 5.91 Å². The number of aromatic nitrogens is 2. The average Bonchev–Trinajstić information content (AvgIpc) is 2.47. The van der Waals surface area contributed by atoms with E-state index in [9.17, 15) is 4.79 Å². The summed E-state index contributed by atoms with van der Waals surface area (Å²) in [6, 6.07) is 12.9. The highest BCUT2D eigenvalue weighted by molar-refractivity contribution is 6.07. The number of anilines is 2. The molecule has 0 aliphatic heterocycles. The number of rotatable bonds is 2. The minimum atomic E-state index is -0.298. The molecular weight excluding hydrogens is 252 g/mol. The number of nitrogens with one attached hydrogen (secondary N) is 1. The zero-order chi connectivity index (χ0) is 13.9. The second kappa shape index (κ2) is 4.97. The molecule has 3 rings (SSSR count). The number of hydrogen-bond donors (Lipinski definition) is 2. The third-order valence-corrected chi connectivity index (χ3v) is 2.93. The molecule has 0 atom stereocenters. The summed E-state index contributed by atoms with van der Waals surface area (Å²) in [7, 11) is 0. The molecule has 5 nitrogen and oxygen atoms in total. The van der Waals surface area contributed by atoms with Crippen molar-refractivity contribution in [2.45, 2.75) is 0 Å². The van der Waals surface area contributed by atoms with E-state index in [4.69, 9.17) is 5.73 Å². The van der Waals surface area contributed by atoms with Gasteiger partial charge >= 0.3 is 0 Å². The molecule has 1 amide bonds. The number of fused-ring (bicyclic) bond motifs is 1. The number of amides is 1. The molecule has 5 heteroatoms. The minimum Gasteiger partial charge on any atom is -0.383 e. The van der Waals surface area contributed by atoms with Crippen LogP contribution in [0.4, 0.5) is 11.5 Å². The van der Waals surface area contributed by atoms with Crippen LogP contribution in [0.15, 0.2) is 54.9 Å². The highest BCUT2D eigenvalue weighted by Gasteiger charge is 2.10. The van der Waals surface area contributed by atoms with E-state index >= 15 is 0 Å². The molecule has 0 aliphatic rings. The van der Waals surface area contributed by atoms with Crippen LogP contribution < -0.4 is 11.1 Å². The largest absolute Gasteiger partial charge is 0.383 e. The molecule has 0 bridgehead atoms. The van der Waals surface area contributed by atoms with E-state index in [2.05, 4.69) is 15.3 Å². The van der Waals surface area contributed by atoms with Gasteiger partial charge in [-0.2, -0.15) is 0 Å². The van der Waals surface area contributed by atoms with Crippen molar-refractivity contribution < 1.29 is 4.79 Å². The molecule has 0 saturated carbocycles. The zero-order valence-electron chi connectivity index (χ0n) is 10.6. The fourth-order valence-electron chi connectivity index (χ4n) is 1.95. The number of para-hydroxylation sites is 1. The van der Waals surface area contributed by atoms with Crippen molar-refractivity contribution in [1.82, 2.24) is 9.97 Å². The smallest absolute Gasteiger partial charge is 0.259 e. The Labute approximate surface area is 115 Å². The maximum absolute atomic E-state index is 12.1. The van der Waals surface area contributed by atoms with Crippen LogP contribution in [0, 0.1) is 0 Å². The van der Waals surface area contributed by atoms with Gasteiger partial charge in [0.2, 0.25) is 0 Å². The van der Waals surface area contributed by atoms with Crippen molar-refractivity contribution in [3.05, 3.63) is 60.4 Å². The molecule has 0 spiro atoms. The molecule has 20 heavy (non-hydrogen) atoms. The molecule has 2 heterocycles. The van der Waals surface area contributed by atoms with Crippen LogP contribution in [0.1, 0.15) is 10.4 Å². The quantitative estimate of drug-likeness (QED) is 0.745. The Kier molecular flexibility index (Phi) is 3.01. The first-order valence-electron chi connectivity index (χ1n) is 6.11. The maximum Gasteiger partial charge on any atom is 0.259 e. The number of hydrogen-bond acceptors (Lipinski definition) is 4. The fraction of sp³-hybridized carbons (Fsp3) is 0. The van der Waals surface area contributed by atoms with E-state index in [0.717, 1.165) is 10.9 Å². The molecule has 2 aromatic heterocycles. The Morgan fingerprint density at radius 2 is 1.95 bits per heavy atom. The monoisotopic (exact) mass is 264 g/mol. The van der Waals surface area contributed by atoms with Crippen LogP contribution in [0.25, 0.3) is 10.9 Å². The summed E-state index contributed by atoms with van der Waals surface area (Å²) < 4.78 is 0. The van der Waals surface area contributed by atoms with Crippen LogP contribution in [-0.2, 0) is 0 Å². The topological polar surface area (TPSA) is 80.9 Å². The molecule has 0 radical (unpaired) electrons. The molecule has 3 aromatic rings. The van der Waals surface area contributed by atoms with E-state index in [0.29, 0.717) is 11.3 Å². The van der Waals surface area contributed by atoms with Crippen LogP contribution >= 0.6 is 0 Å². The summed E-state index contributed by atoms with van der Waals surface area (Å²) in [5.74, 6) is -0.0913. The average molecular weight is 264 g/mol. The molecule has 98 valence electrons. The molecule has 0 aliphatic carbocycles. The van der Waals surface area contributed by atoms with Crippen molar-refractivity contribution in [3.63, 3.8) is 0 Å². The van der Waals surface area contributed by atoms with Gasteiger partial charge in [-0.25, -0.2) is 4.98 Å². The van der Waals surface area contributed by atoms with Gasteiger partial charge in [0, 0.05) is 11.6 Å². The number of pyridine rings is 2. The lowest BCUT2D eigenvalue weighted by molar-refractivity contribution is 0.102. The second-order valence-electron chi connectivity index (χ2n) is 4.31. The zero-order valence-corrected chi connectivity index (χ0v) is 10.6. The number of benzene rings is 1. The van der Waals surface area contributed by atoms with Gasteiger partial charge in [0.1, 0.15) is 5.82 Å². The molecule has 3 N–H and O–H groups in total. The maximum atomic E-state index is 12.1. The van der Waals surface area contributed by atoms with Gasteiger partial charge < -0.3 is 11.1 Å². The van der Waals surface area contributed by atoms with E-state index < -0.39 is 0 Å². The first-order valence-corrected chi connectivity index (χ1v) is 6.11. The molecule has 0 saturated heterocycles. The van der Waals surface area contributed by atoms with Crippen LogP contribution in [0.3, 0.4) is 0 Å². The summed E-state index contributed by atoms with van der Waals surface area (Å²) in [6.45, 7) is 0. The van der Waals surface area contributed by atoms with Crippen molar-refractivity contribution in [2.75, 3.05) is 11.1 Å². The van der Waals surface area contributed by atoms with Gasteiger partial charge in [-0.1, -0.05) is 18.2 Å². The van der Waals surface area contributed by atoms with Crippen LogP contribution in [0.5, 0.6) is 0 Å². The molecule has 1 aromatic carbocycles. The summed E-state index contributed by atoms with van der Waals surface area (Å²) in [6.07, 6.45) is 3.16. The van der Waals surface area contributed by atoms with Crippen molar-refractivity contribution in [3.8, 4) is 0 Å². The van der Waals surface area contributed by atoms with Gasteiger partial charge in [0.05, 0.1) is 23.0 Å². The van der Waals surface area contributed by atoms with E-state index in [1.54, 1.807) is 24.5 Å². The normalized spacial score (nSPS) is 10.4. The van der Waals surface area contributed by atoms with Crippen LogP contribution in [0.2, 0.25) is 0 Å². The van der Waals surface area contributed by atoms with Gasteiger partial charge in [-0.3, -0.25) is 9.78 Å². The lowest BCUT2D eigenvalue weighted by Gasteiger charge is -2.07. The predicted octanol–water partition coefficient (Wildman–Crippen LogP) is 2.46. The van der Waals surface area contributed by atoms with Crippen molar-refractivity contribution >= 4 is 28.3 Å².